The molecule has 0 spiro atoms. The van der Waals surface area contributed by atoms with E-state index >= 15 is 0 Å². The molecule has 0 radical (unpaired) electrons. The van der Waals surface area contributed by atoms with E-state index in [9.17, 15) is 19.4 Å². The SMILES string of the molecule is CCCCCCCCCCCCCCCCCCCCCCC/C=C/CC/C=C/C(O)C(COP(=O)([O-])OCC[N+](C)(C)C)NC(=O)CCCCCCCCCCCCCCCCC. The van der Waals surface area contributed by atoms with E-state index in [1.54, 1.807) is 6.08 Å². The highest BCUT2D eigenvalue weighted by molar-refractivity contribution is 7.45. The lowest BCUT2D eigenvalue weighted by atomic mass is 10.0. The molecule has 0 aromatic carbocycles. The van der Waals surface area contributed by atoms with E-state index in [0.29, 0.717) is 17.4 Å². The number of carbonyl (C=O) groups is 1. The second kappa shape index (κ2) is 47.1. The van der Waals surface area contributed by atoms with Crippen LogP contribution in [-0.4, -0.2) is 68.5 Å². The topological polar surface area (TPSA) is 108 Å². The van der Waals surface area contributed by atoms with Gasteiger partial charge in [0, 0.05) is 6.42 Å². The number of phosphoric acid groups is 1. The number of hydrogen-bond donors (Lipinski definition) is 2. The number of hydrogen-bond acceptors (Lipinski definition) is 6. The summed E-state index contributed by atoms with van der Waals surface area (Å²) in [4.78, 5) is 25.4. The monoisotopic (exact) mass is 925 g/mol. The van der Waals surface area contributed by atoms with Crippen LogP contribution in [0.15, 0.2) is 24.3 Å². The molecule has 380 valence electrons. The smallest absolute Gasteiger partial charge is 0.268 e. The predicted molar refractivity (Wildman–Crippen MR) is 275 cm³/mol. The van der Waals surface area contributed by atoms with Crippen LogP contribution in [0.4, 0.5) is 0 Å². The Kier molecular flexibility index (Phi) is 46.3. The lowest BCUT2D eigenvalue weighted by Crippen LogP contribution is -2.45. The highest BCUT2D eigenvalue weighted by Crippen LogP contribution is 2.38. The van der Waals surface area contributed by atoms with Crippen LogP contribution in [0.25, 0.3) is 0 Å². The zero-order valence-corrected chi connectivity index (χ0v) is 44.1. The van der Waals surface area contributed by atoms with Crippen molar-refractivity contribution in [1.29, 1.82) is 0 Å². The highest BCUT2D eigenvalue weighted by Gasteiger charge is 2.23. The first kappa shape index (κ1) is 63.0. The molecule has 0 aromatic heterocycles. The summed E-state index contributed by atoms with van der Waals surface area (Å²) >= 11 is 0. The summed E-state index contributed by atoms with van der Waals surface area (Å²) in [6, 6.07) is -0.899. The van der Waals surface area contributed by atoms with Crippen LogP contribution >= 0.6 is 7.82 Å². The van der Waals surface area contributed by atoms with Gasteiger partial charge in [-0.1, -0.05) is 256 Å². The van der Waals surface area contributed by atoms with Crippen LogP contribution in [0.2, 0.25) is 0 Å². The lowest BCUT2D eigenvalue weighted by Gasteiger charge is -2.29. The van der Waals surface area contributed by atoms with Crippen molar-refractivity contribution in [2.75, 3.05) is 40.9 Å². The van der Waals surface area contributed by atoms with Gasteiger partial charge in [-0.25, -0.2) is 0 Å². The number of unbranched alkanes of at least 4 members (excludes halogenated alkanes) is 36. The first-order valence-electron chi connectivity index (χ1n) is 27.7. The van der Waals surface area contributed by atoms with Crippen LogP contribution < -0.4 is 10.2 Å². The average molecular weight is 925 g/mol. The van der Waals surface area contributed by atoms with Crippen molar-refractivity contribution in [2.45, 2.75) is 283 Å². The number of nitrogens with one attached hydrogen (secondary N) is 1. The lowest BCUT2D eigenvalue weighted by molar-refractivity contribution is -0.870. The molecule has 0 rings (SSSR count). The normalized spacial score (nSPS) is 14.2. The summed E-state index contributed by atoms with van der Waals surface area (Å²) in [6.07, 6.45) is 58.3. The third-order valence-electron chi connectivity index (χ3n) is 12.7. The number of carbonyl (C=O) groups excluding carboxylic acids is 1. The largest absolute Gasteiger partial charge is 0.756 e. The van der Waals surface area contributed by atoms with Crippen molar-refractivity contribution < 1.29 is 32.9 Å². The minimum absolute atomic E-state index is 0.00389. The van der Waals surface area contributed by atoms with Gasteiger partial charge in [0.15, 0.2) is 0 Å². The fourth-order valence-corrected chi connectivity index (χ4v) is 9.01. The van der Waals surface area contributed by atoms with Crippen molar-refractivity contribution in [3.63, 3.8) is 0 Å². The van der Waals surface area contributed by atoms with E-state index in [-0.39, 0.29) is 19.1 Å². The number of phosphoric ester groups is 1. The minimum atomic E-state index is -4.60. The third kappa shape index (κ3) is 48.9. The number of amides is 1. The number of nitrogens with zero attached hydrogens (tertiary/aromatic N) is 1. The van der Waals surface area contributed by atoms with Crippen molar-refractivity contribution >= 4 is 13.7 Å². The van der Waals surface area contributed by atoms with E-state index in [0.717, 1.165) is 38.5 Å². The molecule has 2 N–H and O–H groups in total. The Hall–Kier alpha value is -1.02. The molecule has 0 heterocycles. The van der Waals surface area contributed by atoms with Gasteiger partial charge >= 0.3 is 0 Å². The Balaban J connectivity index is 4.21. The molecule has 0 bridgehead atoms. The summed E-state index contributed by atoms with van der Waals surface area (Å²) in [5.41, 5.74) is 0. The van der Waals surface area contributed by atoms with Crippen LogP contribution in [0.1, 0.15) is 271 Å². The van der Waals surface area contributed by atoms with Crippen LogP contribution in [0.3, 0.4) is 0 Å². The van der Waals surface area contributed by atoms with Gasteiger partial charge in [-0.2, -0.15) is 0 Å². The zero-order valence-electron chi connectivity index (χ0n) is 43.3. The standard InChI is InChI=1S/C55H109N2O6P/c1-6-8-10-12-14-16-18-20-22-23-24-25-26-27-28-29-30-31-32-33-35-36-38-40-42-44-46-48-54(58)53(52-63-64(60,61)62-51-50-57(3,4)5)56-55(59)49-47-45-43-41-39-37-34-21-19-17-15-13-11-9-7-2/h38,40,46,48,53-54,58H,6-37,39,41-45,47,49-52H2,1-5H3,(H-,56,59,60,61)/b40-38+,48-46+. The number of rotatable bonds is 51. The molecule has 1 amide bonds. The molecule has 8 nitrogen and oxygen atoms in total. The molecule has 0 saturated heterocycles. The molecular weight excluding hydrogens is 816 g/mol. The summed E-state index contributed by atoms with van der Waals surface area (Å²) in [7, 11) is 1.26. The molecule has 0 saturated carbocycles. The quantitative estimate of drug-likeness (QED) is 0.0272. The number of aliphatic hydroxyl groups excluding tert-OH is 1. The molecular formula is C55H109N2O6P. The van der Waals surface area contributed by atoms with Gasteiger partial charge in [0.05, 0.1) is 39.9 Å². The number of aliphatic hydroxyl groups is 1. The average Bonchev–Trinajstić information content (AvgIpc) is 3.25. The van der Waals surface area contributed by atoms with Gasteiger partial charge in [0.25, 0.3) is 7.82 Å². The minimum Gasteiger partial charge on any atom is -0.756 e. The fourth-order valence-electron chi connectivity index (χ4n) is 8.29. The number of likely N-dealkylation sites (N-methyl/N-ethyl adjacent to an activating group) is 1. The molecule has 0 fully saturated rings. The summed E-state index contributed by atoms with van der Waals surface area (Å²) in [5, 5.41) is 13.8. The second-order valence-corrected chi connectivity index (χ2v) is 21.7. The van der Waals surface area contributed by atoms with Crippen molar-refractivity contribution in [3.05, 3.63) is 24.3 Å². The van der Waals surface area contributed by atoms with E-state index in [2.05, 4.69) is 31.3 Å². The molecule has 3 atom stereocenters. The molecule has 64 heavy (non-hydrogen) atoms. The van der Waals surface area contributed by atoms with Gasteiger partial charge in [-0.3, -0.25) is 9.36 Å². The van der Waals surface area contributed by atoms with Gasteiger partial charge in [0.2, 0.25) is 5.91 Å². The Morgan fingerprint density at radius 2 is 0.875 bits per heavy atom. The third-order valence-corrected chi connectivity index (χ3v) is 13.6. The Morgan fingerprint density at radius 1 is 0.531 bits per heavy atom. The van der Waals surface area contributed by atoms with Crippen LogP contribution in [-0.2, 0) is 18.4 Å². The first-order chi connectivity index (χ1) is 31.0. The number of quaternary nitrogens is 1. The highest BCUT2D eigenvalue weighted by atomic mass is 31.2. The molecule has 0 aromatic rings. The molecule has 0 aliphatic heterocycles. The van der Waals surface area contributed by atoms with Crippen LogP contribution in [0.5, 0.6) is 0 Å². The first-order valence-corrected chi connectivity index (χ1v) is 29.2. The van der Waals surface area contributed by atoms with Gasteiger partial charge < -0.3 is 28.8 Å². The van der Waals surface area contributed by atoms with Gasteiger partial charge in [-0.05, 0) is 32.1 Å². The number of allylic oxidation sites excluding steroid dienone is 3. The Morgan fingerprint density at radius 3 is 1.27 bits per heavy atom. The maximum Gasteiger partial charge on any atom is 0.268 e. The summed E-state index contributed by atoms with van der Waals surface area (Å²) in [6.45, 7) is 4.66. The second-order valence-electron chi connectivity index (χ2n) is 20.3. The van der Waals surface area contributed by atoms with Crippen LogP contribution in [0, 0.1) is 0 Å². The van der Waals surface area contributed by atoms with Crippen molar-refractivity contribution in [3.8, 4) is 0 Å². The van der Waals surface area contributed by atoms with E-state index in [1.807, 2.05) is 27.2 Å². The predicted octanol–water partition coefficient (Wildman–Crippen LogP) is 15.8. The molecule has 9 heteroatoms. The van der Waals surface area contributed by atoms with Gasteiger partial charge in [-0.15, -0.1) is 0 Å². The summed E-state index contributed by atoms with van der Waals surface area (Å²) in [5.74, 6) is -0.203. The molecule has 3 unspecified atom stereocenters. The zero-order chi connectivity index (χ0) is 47.1. The van der Waals surface area contributed by atoms with E-state index in [4.69, 9.17) is 9.05 Å². The molecule has 0 aliphatic carbocycles. The maximum atomic E-state index is 12.9. The van der Waals surface area contributed by atoms with Crippen molar-refractivity contribution in [2.24, 2.45) is 0 Å². The maximum absolute atomic E-state index is 12.9. The van der Waals surface area contributed by atoms with Crippen molar-refractivity contribution in [1.82, 2.24) is 5.32 Å². The summed E-state index contributed by atoms with van der Waals surface area (Å²) < 4.78 is 23.3. The fraction of sp³-hybridized carbons (Fsp3) is 0.909. The Labute approximate surface area is 398 Å². The molecule has 0 aliphatic rings. The van der Waals surface area contributed by atoms with E-state index < -0.39 is 20.0 Å². The van der Waals surface area contributed by atoms with E-state index in [1.165, 1.54) is 212 Å². The Bertz CT molecular complexity index is 1090. The van der Waals surface area contributed by atoms with Gasteiger partial charge in [0.1, 0.15) is 13.2 Å².